The van der Waals surface area contributed by atoms with Crippen LogP contribution in [-0.4, -0.2) is 26.4 Å². The van der Waals surface area contributed by atoms with Crippen molar-refractivity contribution < 1.29 is 4.79 Å². The van der Waals surface area contributed by atoms with Gasteiger partial charge in [-0.3, -0.25) is 9.36 Å². The third-order valence-corrected chi connectivity index (χ3v) is 5.37. The van der Waals surface area contributed by atoms with E-state index in [0.29, 0.717) is 10.9 Å². The molecule has 1 heterocycles. The van der Waals surface area contributed by atoms with E-state index in [1.807, 2.05) is 42.7 Å². The number of rotatable bonds is 7. The zero-order chi connectivity index (χ0) is 19.2. The fraction of sp³-hybridized carbons (Fsp3) is 0.286. The van der Waals surface area contributed by atoms with Crippen molar-refractivity contribution in [2.24, 2.45) is 0 Å². The number of thioether (sulfide) groups is 1. The quantitative estimate of drug-likeness (QED) is 0.627. The van der Waals surface area contributed by atoms with Gasteiger partial charge in [0.15, 0.2) is 5.16 Å². The summed E-state index contributed by atoms with van der Waals surface area (Å²) in [5.74, 6) is 0.271. The summed E-state index contributed by atoms with van der Waals surface area (Å²) >= 11 is 1.38. The van der Waals surface area contributed by atoms with E-state index in [-0.39, 0.29) is 11.9 Å². The van der Waals surface area contributed by atoms with Gasteiger partial charge in [0.1, 0.15) is 6.33 Å². The van der Waals surface area contributed by atoms with Gasteiger partial charge in [-0.1, -0.05) is 60.6 Å². The number of nitrogens with zero attached hydrogens (tertiary/aromatic N) is 3. The van der Waals surface area contributed by atoms with Gasteiger partial charge in [-0.2, -0.15) is 0 Å². The van der Waals surface area contributed by atoms with Gasteiger partial charge in [0.2, 0.25) is 5.91 Å². The maximum Gasteiger partial charge on any atom is 0.230 e. The van der Waals surface area contributed by atoms with Crippen molar-refractivity contribution >= 4 is 17.7 Å². The molecule has 0 bridgehead atoms. The van der Waals surface area contributed by atoms with Crippen molar-refractivity contribution in [1.29, 1.82) is 0 Å². The van der Waals surface area contributed by atoms with Gasteiger partial charge in [0, 0.05) is 5.69 Å². The van der Waals surface area contributed by atoms with E-state index in [2.05, 4.69) is 46.7 Å². The van der Waals surface area contributed by atoms with Gasteiger partial charge in [0.05, 0.1) is 11.8 Å². The number of amides is 1. The van der Waals surface area contributed by atoms with Crippen LogP contribution in [0.3, 0.4) is 0 Å². The van der Waals surface area contributed by atoms with Crippen molar-refractivity contribution in [3.63, 3.8) is 0 Å². The molecule has 0 saturated heterocycles. The molecule has 3 aromatic rings. The standard InChI is InChI=1S/C21H24N4OS/c1-4-17-7-9-18(10-8-17)16(3)23-20(26)13-27-21-24-22-14-25(21)19-11-5-15(2)6-12-19/h5-12,14,16H,4,13H2,1-3H3,(H,23,26). The Balaban J connectivity index is 1.58. The molecule has 1 aromatic heterocycles. The fourth-order valence-electron chi connectivity index (χ4n) is 2.74. The molecule has 1 atom stereocenters. The van der Waals surface area contributed by atoms with Gasteiger partial charge in [-0.15, -0.1) is 10.2 Å². The van der Waals surface area contributed by atoms with Crippen LogP contribution >= 0.6 is 11.8 Å². The highest BCUT2D eigenvalue weighted by Gasteiger charge is 2.13. The molecule has 1 N–H and O–H groups in total. The summed E-state index contributed by atoms with van der Waals surface area (Å²) in [4.78, 5) is 12.3. The van der Waals surface area contributed by atoms with Crippen LogP contribution in [0.1, 0.15) is 36.6 Å². The van der Waals surface area contributed by atoms with Crippen molar-refractivity contribution in [3.8, 4) is 5.69 Å². The Bertz CT molecular complexity index is 887. The van der Waals surface area contributed by atoms with Crippen LogP contribution in [0.15, 0.2) is 60.0 Å². The lowest BCUT2D eigenvalue weighted by Gasteiger charge is -2.14. The summed E-state index contributed by atoms with van der Waals surface area (Å²) in [6.45, 7) is 6.18. The lowest BCUT2D eigenvalue weighted by Crippen LogP contribution is -2.28. The van der Waals surface area contributed by atoms with Crippen molar-refractivity contribution in [1.82, 2.24) is 20.1 Å². The molecule has 1 unspecified atom stereocenters. The van der Waals surface area contributed by atoms with Crippen LogP contribution in [0.5, 0.6) is 0 Å². The molecule has 0 aliphatic heterocycles. The normalized spacial score (nSPS) is 12.0. The first kappa shape index (κ1) is 19.2. The second-order valence-electron chi connectivity index (χ2n) is 6.49. The molecule has 0 saturated carbocycles. The molecule has 3 rings (SSSR count). The van der Waals surface area contributed by atoms with Crippen LogP contribution in [0.2, 0.25) is 0 Å². The minimum absolute atomic E-state index is 0.0227. The minimum Gasteiger partial charge on any atom is -0.349 e. The minimum atomic E-state index is -0.0287. The van der Waals surface area contributed by atoms with Gasteiger partial charge in [-0.25, -0.2) is 0 Å². The Morgan fingerprint density at radius 2 is 1.85 bits per heavy atom. The highest BCUT2D eigenvalue weighted by Crippen LogP contribution is 2.20. The second kappa shape index (κ2) is 8.86. The van der Waals surface area contributed by atoms with E-state index in [4.69, 9.17) is 0 Å². The number of aromatic nitrogens is 3. The molecule has 6 heteroatoms. The lowest BCUT2D eigenvalue weighted by molar-refractivity contribution is -0.119. The number of carbonyl (C=O) groups is 1. The Kier molecular flexibility index (Phi) is 6.29. The molecule has 0 aliphatic rings. The Morgan fingerprint density at radius 3 is 2.52 bits per heavy atom. The number of hydrogen-bond acceptors (Lipinski definition) is 4. The van der Waals surface area contributed by atoms with E-state index in [0.717, 1.165) is 17.7 Å². The number of benzene rings is 2. The maximum atomic E-state index is 12.3. The van der Waals surface area contributed by atoms with E-state index >= 15 is 0 Å². The molecule has 140 valence electrons. The monoisotopic (exact) mass is 380 g/mol. The van der Waals surface area contributed by atoms with Crippen LogP contribution in [0.25, 0.3) is 5.69 Å². The summed E-state index contributed by atoms with van der Waals surface area (Å²) in [7, 11) is 0. The van der Waals surface area contributed by atoms with E-state index in [1.165, 1.54) is 22.9 Å². The molecule has 0 spiro atoms. The van der Waals surface area contributed by atoms with Gasteiger partial charge in [0.25, 0.3) is 0 Å². The molecule has 1 amide bonds. The summed E-state index contributed by atoms with van der Waals surface area (Å²) in [6, 6.07) is 16.5. The first-order valence-corrected chi connectivity index (χ1v) is 10.0. The zero-order valence-corrected chi connectivity index (χ0v) is 16.7. The van der Waals surface area contributed by atoms with Gasteiger partial charge < -0.3 is 5.32 Å². The highest BCUT2D eigenvalue weighted by molar-refractivity contribution is 7.99. The van der Waals surface area contributed by atoms with Crippen molar-refractivity contribution in [2.45, 2.75) is 38.4 Å². The number of aryl methyl sites for hydroxylation is 2. The largest absolute Gasteiger partial charge is 0.349 e. The third kappa shape index (κ3) is 4.98. The molecule has 0 radical (unpaired) electrons. The molecular formula is C21H24N4OS. The Morgan fingerprint density at radius 1 is 1.15 bits per heavy atom. The average molecular weight is 381 g/mol. The summed E-state index contributed by atoms with van der Waals surface area (Å²) in [5.41, 5.74) is 4.58. The van der Waals surface area contributed by atoms with Crippen LogP contribution in [-0.2, 0) is 11.2 Å². The summed E-state index contributed by atoms with van der Waals surface area (Å²) in [5, 5.41) is 11.9. The number of carbonyl (C=O) groups excluding carboxylic acids is 1. The fourth-order valence-corrected chi connectivity index (χ4v) is 3.48. The van der Waals surface area contributed by atoms with Crippen LogP contribution < -0.4 is 5.32 Å². The molecule has 0 fully saturated rings. The summed E-state index contributed by atoms with van der Waals surface area (Å²) < 4.78 is 1.89. The molecular weight excluding hydrogens is 356 g/mol. The first-order chi connectivity index (χ1) is 13.1. The Labute approximate surface area is 164 Å². The molecule has 5 nitrogen and oxygen atoms in total. The summed E-state index contributed by atoms with van der Waals surface area (Å²) in [6.07, 6.45) is 2.68. The topological polar surface area (TPSA) is 59.8 Å². The van der Waals surface area contributed by atoms with Crippen LogP contribution in [0.4, 0.5) is 0 Å². The predicted molar refractivity (Wildman–Crippen MR) is 109 cm³/mol. The van der Waals surface area contributed by atoms with Crippen molar-refractivity contribution in [3.05, 3.63) is 71.5 Å². The van der Waals surface area contributed by atoms with Crippen LogP contribution in [0, 0.1) is 6.92 Å². The molecule has 2 aromatic carbocycles. The average Bonchev–Trinajstić information content (AvgIpc) is 3.15. The van der Waals surface area contributed by atoms with Gasteiger partial charge >= 0.3 is 0 Å². The maximum absolute atomic E-state index is 12.3. The smallest absolute Gasteiger partial charge is 0.230 e. The van der Waals surface area contributed by atoms with Gasteiger partial charge in [-0.05, 0) is 43.5 Å². The number of nitrogens with one attached hydrogen (secondary N) is 1. The van der Waals surface area contributed by atoms with Crippen molar-refractivity contribution in [2.75, 3.05) is 5.75 Å². The van der Waals surface area contributed by atoms with E-state index in [1.54, 1.807) is 6.33 Å². The first-order valence-electron chi connectivity index (χ1n) is 9.05. The third-order valence-electron chi connectivity index (χ3n) is 4.43. The van der Waals surface area contributed by atoms with E-state index in [9.17, 15) is 4.79 Å². The number of hydrogen-bond donors (Lipinski definition) is 1. The predicted octanol–water partition coefficient (Wildman–Crippen LogP) is 4.11. The second-order valence-corrected chi connectivity index (χ2v) is 7.43. The highest BCUT2D eigenvalue weighted by atomic mass is 32.2. The molecule has 27 heavy (non-hydrogen) atoms. The Hall–Kier alpha value is -2.60. The lowest BCUT2D eigenvalue weighted by atomic mass is 10.1. The zero-order valence-electron chi connectivity index (χ0n) is 15.8. The van der Waals surface area contributed by atoms with E-state index < -0.39 is 0 Å². The molecule has 0 aliphatic carbocycles. The SMILES string of the molecule is CCc1ccc(C(C)NC(=O)CSc2nncn2-c2ccc(C)cc2)cc1.